The van der Waals surface area contributed by atoms with E-state index in [1.807, 2.05) is 0 Å². The average Bonchev–Trinajstić information content (AvgIpc) is 2.91. The first-order valence-electron chi connectivity index (χ1n) is 7.94. The predicted octanol–water partition coefficient (Wildman–Crippen LogP) is 4.08. The Morgan fingerprint density at radius 3 is 2.29 bits per heavy atom. The number of benzene rings is 1. The van der Waals surface area contributed by atoms with Gasteiger partial charge in [-0.05, 0) is 55.3 Å². The average molecular weight is 353 g/mol. The maximum atomic E-state index is 6.17. The van der Waals surface area contributed by atoms with Crippen LogP contribution >= 0.6 is 15.9 Å². The molecule has 2 N–H and O–H groups in total. The Bertz CT molecular complexity index is 463. The number of likely N-dealkylation sites (tertiary alicyclic amines) is 1. The van der Waals surface area contributed by atoms with Gasteiger partial charge in [-0.15, -0.1) is 0 Å². The monoisotopic (exact) mass is 352 g/mol. The number of hydrogen-bond acceptors (Lipinski definition) is 2. The van der Waals surface area contributed by atoms with Gasteiger partial charge < -0.3 is 5.73 Å². The molecule has 1 aliphatic heterocycles. The molecule has 118 valence electrons. The third-order valence-corrected chi connectivity index (χ3v) is 5.64. The Morgan fingerprint density at radius 1 is 1.19 bits per heavy atom. The fourth-order valence-corrected chi connectivity index (χ4v) is 3.58. The molecule has 2 nitrogen and oxygen atoms in total. The number of nitrogens with two attached hydrogens (primary N) is 1. The number of nitrogens with zero attached hydrogens (tertiary/aromatic N) is 1. The van der Waals surface area contributed by atoms with Crippen LogP contribution in [0.1, 0.15) is 39.7 Å². The summed E-state index contributed by atoms with van der Waals surface area (Å²) in [5, 5.41) is 0. The van der Waals surface area contributed by atoms with Crippen LogP contribution in [0, 0.1) is 11.3 Å². The minimum absolute atomic E-state index is 0.0633. The van der Waals surface area contributed by atoms with E-state index in [9.17, 15) is 0 Å². The SMILES string of the molecule is CC(C)(C)C1CCN(C(C)(CN)Cc2ccc(Br)cc2)C1. The van der Waals surface area contributed by atoms with Crippen LogP contribution in [0.25, 0.3) is 0 Å². The molecular formula is C18H29BrN2. The predicted molar refractivity (Wildman–Crippen MR) is 94.4 cm³/mol. The Hall–Kier alpha value is -0.380. The van der Waals surface area contributed by atoms with Crippen LogP contribution < -0.4 is 5.73 Å². The molecule has 1 saturated heterocycles. The van der Waals surface area contributed by atoms with Gasteiger partial charge in [0, 0.05) is 23.1 Å². The van der Waals surface area contributed by atoms with Gasteiger partial charge in [0.05, 0.1) is 0 Å². The van der Waals surface area contributed by atoms with Crippen LogP contribution in [0.15, 0.2) is 28.7 Å². The van der Waals surface area contributed by atoms with Crippen LogP contribution in [0.2, 0.25) is 0 Å². The fourth-order valence-electron chi connectivity index (χ4n) is 3.31. The Balaban J connectivity index is 2.09. The summed E-state index contributed by atoms with van der Waals surface area (Å²) in [6.07, 6.45) is 2.31. The third-order valence-electron chi connectivity index (χ3n) is 5.11. The smallest absolute Gasteiger partial charge is 0.0343 e. The highest BCUT2D eigenvalue weighted by Gasteiger charge is 2.39. The van der Waals surface area contributed by atoms with E-state index in [-0.39, 0.29) is 5.54 Å². The van der Waals surface area contributed by atoms with Crippen molar-refractivity contribution >= 4 is 15.9 Å². The molecule has 2 rings (SSSR count). The van der Waals surface area contributed by atoms with E-state index in [0.717, 1.165) is 16.8 Å². The molecule has 1 fully saturated rings. The summed E-state index contributed by atoms with van der Waals surface area (Å²) < 4.78 is 1.13. The molecule has 2 unspecified atom stereocenters. The highest BCUT2D eigenvalue weighted by Crippen LogP contribution is 2.37. The summed E-state index contributed by atoms with van der Waals surface area (Å²) in [6.45, 7) is 12.4. The van der Waals surface area contributed by atoms with Crippen molar-refractivity contribution in [2.75, 3.05) is 19.6 Å². The van der Waals surface area contributed by atoms with Crippen molar-refractivity contribution in [1.29, 1.82) is 0 Å². The van der Waals surface area contributed by atoms with Gasteiger partial charge in [-0.2, -0.15) is 0 Å². The molecule has 2 atom stereocenters. The molecule has 0 bridgehead atoms. The largest absolute Gasteiger partial charge is 0.329 e. The van der Waals surface area contributed by atoms with E-state index in [1.54, 1.807) is 0 Å². The minimum Gasteiger partial charge on any atom is -0.329 e. The molecule has 0 amide bonds. The van der Waals surface area contributed by atoms with Crippen molar-refractivity contribution in [3.8, 4) is 0 Å². The first kappa shape index (κ1) is 17.0. The summed E-state index contributed by atoms with van der Waals surface area (Å²) in [5.41, 5.74) is 7.99. The van der Waals surface area contributed by atoms with E-state index in [0.29, 0.717) is 12.0 Å². The van der Waals surface area contributed by atoms with Crippen LogP contribution in [0.3, 0.4) is 0 Å². The van der Waals surface area contributed by atoms with Crippen LogP contribution in [0.4, 0.5) is 0 Å². The molecule has 0 aromatic heterocycles. The summed E-state index contributed by atoms with van der Waals surface area (Å²) >= 11 is 3.50. The molecule has 0 saturated carbocycles. The zero-order valence-electron chi connectivity index (χ0n) is 13.8. The molecule has 1 aliphatic rings. The van der Waals surface area contributed by atoms with Crippen LogP contribution in [0.5, 0.6) is 0 Å². The lowest BCUT2D eigenvalue weighted by Gasteiger charge is -2.39. The van der Waals surface area contributed by atoms with Crippen molar-refractivity contribution in [3.63, 3.8) is 0 Å². The number of rotatable bonds is 4. The molecule has 1 aromatic carbocycles. The van der Waals surface area contributed by atoms with E-state index in [2.05, 4.69) is 72.8 Å². The molecule has 1 heterocycles. The molecule has 1 aromatic rings. The van der Waals surface area contributed by atoms with Crippen LogP contribution in [-0.2, 0) is 6.42 Å². The summed E-state index contributed by atoms with van der Waals surface area (Å²) in [7, 11) is 0. The minimum atomic E-state index is 0.0633. The van der Waals surface area contributed by atoms with Gasteiger partial charge in [0.25, 0.3) is 0 Å². The Labute approximate surface area is 138 Å². The second-order valence-electron chi connectivity index (χ2n) is 7.80. The van der Waals surface area contributed by atoms with E-state index in [4.69, 9.17) is 5.73 Å². The summed E-state index contributed by atoms with van der Waals surface area (Å²) in [4.78, 5) is 2.62. The van der Waals surface area contributed by atoms with Crippen molar-refractivity contribution in [3.05, 3.63) is 34.3 Å². The van der Waals surface area contributed by atoms with Gasteiger partial charge in [-0.1, -0.05) is 48.8 Å². The summed E-state index contributed by atoms with van der Waals surface area (Å²) in [6, 6.07) is 8.65. The van der Waals surface area contributed by atoms with Gasteiger partial charge >= 0.3 is 0 Å². The van der Waals surface area contributed by atoms with Crippen molar-refractivity contribution < 1.29 is 0 Å². The zero-order valence-corrected chi connectivity index (χ0v) is 15.4. The second kappa shape index (κ2) is 6.39. The lowest BCUT2D eigenvalue weighted by molar-refractivity contribution is 0.123. The first-order valence-corrected chi connectivity index (χ1v) is 8.73. The normalized spacial score (nSPS) is 23.2. The highest BCUT2D eigenvalue weighted by molar-refractivity contribution is 9.10. The third kappa shape index (κ3) is 4.08. The molecule has 0 aliphatic carbocycles. The molecule has 0 spiro atoms. The number of halogens is 1. The van der Waals surface area contributed by atoms with Gasteiger partial charge in [0.1, 0.15) is 0 Å². The van der Waals surface area contributed by atoms with Gasteiger partial charge in [-0.25, -0.2) is 0 Å². The molecule has 3 heteroatoms. The maximum absolute atomic E-state index is 6.17. The maximum Gasteiger partial charge on any atom is 0.0343 e. The first-order chi connectivity index (χ1) is 9.74. The second-order valence-corrected chi connectivity index (χ2v) is 8.72. The zero-order chi connectivity index (χ0) is 15.7. The van der Waals surface area contributed by atoms with Crippen molar-refractivity contribution in [1.82, 2.24) is 4.90 Å². The van der Waals surface area contributed by atoms with Crippen molar-refractivity contribution in [2.24, 2.45) is 17.1 Å². The lowest BCUT2D eigenvalue weighted by Crippen LogP contribution is -2.52. The van der Waals surface area contributed by atoms with Gasteiger partial charge in [-0.3, -0.25) is 4.90 Å². The summed E-state index contributed by atoms with van der Waals surface area (Å²) in [5.74, 6) is 0.772. The lowest BCUT2D eigenvalue weighted by atomic mass is 9.80. The van der Waals surface area contributed by atoms with Gasteiger partial charge in [0.15, 0.2) is 0 Å². The molecule has 21 heavy (non-hydrogen) atoms. The molecular weight excluding hydrogens is 324 g/mol. The van der Waals surface area contributed by atoms with Crippen LogP contribution in [-0.4, -0.2) is 30.1 Å². The van der Waals surface area contributed by atoms with Gasteiger partial charge in [0.2, 0.25) is 0 Å². The van der Waals surface area contributed by atoms with E-state index >= 15 is 0 Å². The van der Waals surface area contributed by atoms with E-state index in [1.165, 1.54) is 25.1 Å². The van der Waals surface area contributed by atoms with E-state index < -0.39 is 0 Å². The number of hydrogen-bond donors (Lipinski definition) is 1. The fraction of sp³-hybridized carbons (Fsp3) is 0.667. The topological polar surface area (TPSA) is 29.3 Å². The Kier molecular flexibility index (Phi) is 5.17. The Morgan fingerprint density at radius 2 is 1.81 bits per heavy atom. The standard InChI is InChI=1S/C18H29BrN2/c1-17(2,3)15-9-10-21(12-15)18(4,13-20)11-14-5-7-16(19)8-6-14/h5-8,15H,9-13,20H2,1-4H3. The highest BCUT2D eigenvalue weighted by atomic mass is 79.9. The quantitative estimate of drug-likeness (QED) is 0.884. The molecule has 0 radical (unpaired) electrons. The van der Waals surface area contributed by atoms with Crippen molar-refractivity contribution in [2.45, 2.75) is 46.1 Å².